The summed E-state index contributed by atoms with van der Waals surface area (Å²) in [6.07, 6.45) is 1.80. The van der Waals surface area contributed by atoms with Crippen LogP contribution in [0.3, 0.4) is 0 Å². The molecule has 5 nitrogen and oxygen atoms in total. The number of rotatable bonds is 4. The Morgan fingerprint density at radius 3 is 1.80 bits per heavy atom. The van der Waals surface area contributed by atoms with Crippen molar-refractivity contribution >= 4 is 65.7 Å². The molecule has 0 atom stereocenters. The average Bonchev–Trinajstić information content (AvgIpc) is 3.85. The van der Waals surface area contributed by atoms with Crippen molar-refractivity contribution < 1.29 is 4.42 Å². The van der Waals surface area contributed by atoms with E-state index in [9.17, 15) is 0 Å². The highest BCUT2D eigenvalue weighted by molar-refractivity contribution is 6.14. The highest BCUT2D eigenvalue weighted by Gasteiger charge is 2.19. The molecule has 0 saturated heterocycles. The monoisotopic (exact) mass is 652 g/mol. The van der Waals surface area contributed by atoms with Crippen LogP contribution < -0.4 is 0 Å². The number of para-hydroxylation sites is 4. The standard InChI is InChI=1S/C46H28N4O/c1-2-12-29(13-3-1)33-19-11-20-37-36-18-6-9-23-41(36)50(45(33)37)31-15-10-14-30(26-31)46-47-28-43-44(48-46)38-27-32(24-25-42(38)51-43)49-39-21-7-4-16-34(39)35-17-5-8-22-40(35)49/h1-28H. The molecule has 11 aromatic rings. The summed E-state index contributed by atoms with van der Waals surface area (Å²) in [5.74, 6) is 0.651. The predicted molar refractivity (Wildman–Crippen MR) is 209 cm³/mol. The molecule has 0 aliphatic carbocycles. The Morgan fingerprint density at radius 1 is 0.431 bits per heavy atom. The lowest BCUT2D eigenvalue weighted by Crippen LogP contribution is -1.97. The largest absolute Gasteiger partial charge is 0.453 e. The highest BCUT2D eigenvalue weighted by Crippen LogP contribution is 2.39. The summed E-state index contributed by atoms with van der Waals surface area (Å²) in [5.41, 5.74) is 12.3. The van der Waals surface area contributed by atoms with E-state index in [4.69, 9.17) is 14.4 Å². The van der Waals surface area contributed by atoms with Gasteiger partial charge in [0.25, 0.3) is 0 Å². The van der Waals surface area contributed by atoms with Crippen molar-refractivity contribution in [2.45, 2.75) is 0 Å². The lowest BCUT2D eigenvalue weighted by atomic mass is 10.0. The van der Waals surface area contributed by atoms with Crippen molar-refractivity contribution in [1.29, 1.82) is 0 Å². The molecule has 51 heavy (non-hydrogen) atoms. The van der Waals surface area contributed by atoms with Crippen molar-refractivity contribution in [2.24, 2.45) is 0 Å². The second kappa shape index (κ2) is 10.8. The zero-order valence-electron chi connectivity index (χ0n) is 27.4. The Hall–Kier alpha value is -6.98. The number of aromatic nitrogens is 4. The van der Waals surface area contributed by atoms with E-state index in [1.54, 1.807) is 6.20 Å². The minimum Gasteiger partial charge on any atom is -0.453 e. The first kappa shape index (κ1) is 27.9. The number of nitrogens with zero attached hydrogens (tertiary/aromatic N) is 4. The van der Waals surface area contributed by atoms with Crippen LogP contribution in [0.5, 0.6) is 0 Å². The van der Waals surface area contributed by atoms with E-state index in [1.807, 2.05) is 6.07 Å². The first-order chi connectivity index (χ1) is 25.3. The Morgan fingerprint density at radius 2 is 1.04 bits per heavy atom. The SMILES string of the molecule is c1ccc(-c2cccc3c4ccccc4n(-c4cccc(-c5ncc6oc7ccc(-n8c9ccccc9c9ccccc98)cc7c6n5)c4)c23)cc1. The smallest absolute Gasteiger partial charge is 0.172 e. The van der Waals surface area contributed by atoms with Crippen LogP contribution in [0.1, 0.15) is 0 Å². The Bertz CT molecular complexity index is 3090. The summed E-state index contributed by atoms with van der Waals surface area (Å²) in [4.78, 5) is 9.99. The van der Waals surface area contributed by atoms with Crippen LogP contribution in [0.25, 0.3) is 99.6 Å². The van der Waals surface area contributed by atoms with Crippen LogP contribution in [0.4, 0.5) is 0 Å². The third-order valence-corrected chi connectivity index (χ3v) is 10.2. The van der Waals surface area contributed by atoms with Crippen LogP contribution in [-0.4, -0.2) is 19.1 Å². The molecule has 0 aliphatic heterocycles. The first-order valence-electron chi connectivity index (χ1n) is 17.2. The highest BCUT2D eigenvalue weighted by atomic mass is 16.3. The van der Waals surface area contributed by atoms with Gasteiger partial charge in [0.05, 0.1) is 28.3 Å². The van der Waals surface area contributed by atoms with E-state index in [0.717, 1.165) is 38.9 Å². The molecular weight excluding hydrogens is 625 g/mol. The van der Waals surface area contributed by atoms with Crippen LogP contribution >= 0.6 is 0 Å². The van der Waals surface area contributed by atoms with Gasteiger partial charge >= 0.3 is 0 Å². The molecule has 0 bridgehead atoms. The molecule has 0 radical (unpaired) electrons. The van der Waals surface area contributed by atoms with Gasteiger partial charge in [-0.1, -0.05) is 115 Å². The van der Waals surface area contributed by atoms with Gasteiger partial charge in [-0.3, -0.25) is 0 Å². The van der Waals surface area contributed by atoms with Gasteiger partial charge in [-0.2, -0.15) is 0 Å². The second-order valence-electron chi connectivity index (χ2n) is 13.0. The number of furan rings is 1. The molecule has 0 saturated carbocycles. The van der Waals surface area contributed by atoms with E-state index in [0.29, 0.717) is 11.4 Å². The molecule has 11 rings (SSSR count). The Labute approximate surface area is 292 Å². The molecule has 0 unspecified atom stereocenters. The minimum absolute atomic E-state index is 0.651. The fourth-order valence-corrected chi connectivity index (χ4v) is 7.95. The number of fused-ring (bicyclic) bond motifs is 9. The topological polar surface area (TPSA) is 48.8 Å². The van der Waals surface area contributed by atoms with Crippen LogP contribution in [0.2, 0.25) is 0 Å². The Balaban J connectivity index is 1.09. The molecule has 0 fully saturated rings. The van der Waals surface area contributed by atoms with Gasteiger partial charge in [0, 0.05) is 49.4 Å². The van der Waals surface area contributed by atoms with Crippen LogP contribution in [-0.2, 0) is 0 Å². The Kier molecular flexibility index (Phi) is 5.89. The van der Waals surface area contributed by atoms with Crippen LogP contribution in [0.15, 0.2) is 174 Å². The lowest BCUT2D eigenvalue weighted by molar-refractivity contribution is 0.666. The maximum atomic E-state index is 6.29. The van der Waals surface area contributed by atoms with Crippen molar-refractivity contribution in [3.05, 3.63) is 170 Å². The molecule has 0 amide bonds. The summed E-state index contributed by atoms with van der Waals surface area (Å²) in [6.45, 7) is 0. The third-order valence-electron chi connectivity index (χ3n) is 10.2. The van der Waals surface area contributed by atoms with Gasteiger partial charge in [0.1, 0.15) is 11.1 Å². The predicted octanol–water partition coefficient (Wildman–Crippen LogP) is 11.9. The van der Waals surface area contributed by atoms with Gasteiger partial charge in [-0.05, 0) is 54.1 Å². The van der Waals surface area contributed by atoms with Crippen molar-refractivity contribution in [2.75, 3.05) is 0 Å². The molecular formula is C46H28N4O. The first-order valence-corrected chi connectivity index (χ1v) is 17.2. The van der Waals surface area contributed by atoms with E-state index in [-0.39, 0.29) is 0 Å². The summed E-state index contributed by atoms with van der Waals surface area (Å²) < 4.78 is 11.0. The van der Waals surface area contributed by atoms with Crippen molar-refractivity contribution in [1.82, 2.24) is 19.1 Å². The molecule has 5 heteroatoms. The van der Waals surface area contributed by atoms with E-state index >= 15 is 0 Å². The molecule has 0 spiro atoms. The summed E-state index contributed by atoms with van der Waals surface area (Å²) >= 11 is 0. The molecule has 4 heterocycles. The number of benzene rings is 7. The molecule has 7 aromatic carbocycles. The normalized spacial score (nSPS) is 11.9. The zero-order valence-corrected chi connectivity index (χ0v) is 27.4. The second-order valence-corrected chi connectivity index (χ2v) is 13.0. The fraction of sp³-hybridized carbons (Fsp3) is 0. The van der Waals surface area contributed by atoms with Gasteiger partial charge in [0.15, 0.2) is 11.4 Å². The van der Waals surface area contributed by atoms with Crippen molar-refractivity contribution in [3.63, 3.8) is 0 Å². The molecule has 0 aliphatic rings. The summed E-state index contributed by atoms with van der Waals surface area (Å²) in [5, 5.41) is 5.86. The quantitative estimate of drug-likeness (QED) is 0.190. The fourth-order valence-electron chi connectivity index (χ4n) is 7.95. The molecule has 238 valence electrons. The van der Waals surface area contributed by atoms with Gasteiger partial charge < -0.3 is 13.6 Å². The van der Waals surface area contributed by atoms with Gasteiger partial charge in [-0.15, -0.1) is 0 Å². The third kappa shape index (κ3) is 4.15. The maximum Gasteiger partial charge on any atom is 0.172 e. The average molecular weight is 653 g/mol. The van der Waals surface area contributed by atoms with Crippen molar-refractivity contribution in [3.8, 4) is 33.9 Å². The van der Waals surface area contributed by atoms with Gasteiger partial charge in [0.2, 0.25) is 0 Å². The van der Waals surface area contributed by atoms with E-state index in [1.165, 1.54) is 49.2 Å². The minimum atomic E-state index is 0.651. The number of hydrogen-bond acceptors (Lipinski definition) is 3. The van der Waals surface area contributed by atoms with E-state index in [2.05, 4.69) is 167 Å². The summed E-state index contributed by atoms with van der Waals surface area (Å²) in [6, 6.07) is 57.9. The zero-order chi connectivity index (χ0) is 33.5. The summed E-state index contributed by atoms with van der Waals surface area (Å²) in [7, 11) is 0. The van der Waals surface area contributed by atoms with Crippen LogP contribution in [0, 0.1) is 0 Å². The van der Waals surface area contributed by atoms with E-state index < -0.39 is 0 Å². The lowest BCUT2D eigenvalue weighted by Gasteiger charge is -2.13. The maximum absolute atomic E-state index is 6.29. The van der Waals surface area contributed by atoms with Gasteiger partial charge in [-0.25, -0.2) is 9.97 Å². The number of hydrogen-bond donors (Lipinski definition) is 0. The molecule has 0 N–H and O–H groups in total. The molecule has 4 aromatic heterocycles.